The van der Waals surface area contributed by atoms with Gasteiger partial charge in [0.15, 0.2) is 0 Å². The second-order valence-corrected chi connectivity index (χ2v) is 5.72. The van der Waals surface area contributed by atoms with Crippen LogP contribution in [0.25, 0.3) is 5.69 Å². The number of para-hydroxylation sites is 1. The van der Waals surface area contributed by atoms with Crippen molar-refractivity contribution < 1.29 is 4.79 Å². The van der Waals surface area contributed by atoms with Gasteiger partial charge in [-0.25, -0.2) is 14.6 Å². The van der Waals surface area contributed by atoms with Crippen LogP contribution in [0.3, 0.4) is 0 Å². The number of carbonyl (C=O) groups excluding carboxylic acids is 1. The molecule has 122 valence electrons. The van der Waals surface area contributed by atoms with Crippen molar-refractivity contribution in [3.05, 3.63) is 64.7 Å². The van der Waals surface area contributed by atoms with Crippen LogP contribution in [0.1, 0.15) is 33.1 Å². The molecule has 0 bridgehead atoms. The van der Waals surface area contributed by atoms with Crippen molar-refractivity contribution in [2.75, 3.05) is 5.32 Å². The Bertz CT molecular complexity index is 879. The average molecular weight is 321 g/mol. The molecular formula is C18H19N5O. The maximum atomic E-state index is 12.7. The Morgan fingerprint density at radius 2 is 1.62 bits per heavy atom. The smallest absolute Gasteiger partial charge is 0.261 e. The number of carbonyl (C=O) groups is 1. The van der Waals surface area contributed by atoms with Gasteiger partial charge < -0.3 is 0 Å². The minimum absolute atomic E-state index is 0.253. The lowest BCUT2D eigenvalue weighted by Gasteiger charge is -2.07. The number of nitrogens with zero attached hydrogens (tertiary/aromatic N) is 4. The Hall–Kier alpha value is -3.02. The van der Waals surface area contributed by atoms with Crippen molar-refractivity contribution >= 4 is 11.9 Å². The van der Waals surface area contributed by atoms with Crippen LogP contribution in [0.2, 0.25) is 0 Å². The molecule has 0 spiro atoms. The summed E-state index contributed by atoms with van der Waals surface area (Å²) in [5.41, 5.74) is 4.53. The molecule has 6 nitrogen and oxygen atoms in total. The summed E-state index contributed by atoms with van der Waals surface area (Å²) in [7, 11) is 0. The fourth-order valence-corrected chi connectivity index (χ4v) is 2.74. The van der Waals surface area contributed by atoms with Crippen LogP contribution in [0.4, 0.5) is 5.95 Å². The standard InChI is InChI=1S/C18H19N5O/c1-11-10-12(2)20-18(19-11)21-17(24)16-13(3)22-23(14(16)4)15-8-6-5-7-9-15/h5-10H,1-4H3,(H,19,20,21,24). The monoisotopic (exact) mass is 321 g/mol. The van der Waals surface area contributed by atoms with E-state index in [1.54, 1.807) is 4.68 Å². The quantitative estimate of drug-likeness (QED) is 0.804. The third kappa shape index (κ3) is 3.03. The van der Waals surface area contributed by atoms with Gasteiger partial charge in [-0.15, -0.1) is 0 Å². The van der Waals surface area contributed by atoms with Crippen molar-refractivity contribution in [2.24, 2.45) is 0 Å². The van der Waals surface area contributed by atoms with Crippen molar-refractivity contribution in [3.8, 4) is 5.69 Å². The number of benzene rings is 1. The predicted molar refractivity (Wildman–Crippen MR) is 92.5 cm³/mol. The molecule has 0 saturated heterocycles. The maximum Gasteiger partial charge on any atom is 0.261 e. The molecule has 1 amide bonds. The predicted octanol–water partition coefficient (Wildman–Crippen LogP) is 3.15. The largest absolute Gasteiger partial charge is 0.290 e. The molecule has 6 heteroatoms. The van der Waals surface area contributed by atoms with Gasteiger partial charge in [-0.05, 0) is 45.9 Å². The van der Waals surface area contributed by atoms with Gasteiger partial charge in [0, 0.05) is 11.4 Å². The van der Waals surface area contributed by atoms with E-state index in [0.29, 0.717) is 17.2 Å². The van der Waals surface area contributed by atoms with Gasteiger partial charge in [-0.1, -0.05) is 18.2 Å². The fraction of sp³-hybridized carbons (Fsp3) is 0.222. The highest BCUT2D eigenvalue weighted by Gasteiger charge is 2.20. The Morgan fingerprint density at radius 3 is 2.25 bits per heavy atom. The lowest BCUT2D eigenvalue weighted by molar-refractivity contribution is 0.102. The topological polar surface area (TPSA) is 72.7 Å². The summed E-state index contributed by atoms with van der Waals surface area (Å²) < 4.78 is 1.77. The number of nitrogens with one attached hydrogen (secondary N) is 1. The number of aromatic nitrogens is 4. The van der Waals surface area contributed by atoms with Crippen LogP contribution in [-0.2, 0) is 0 Å². The summed E-state index contributed by atoms with van der Waals surface area (Å²) in [5.74, 6) is 0.0564. The highest BCUT2D eigenvalue weighted by atomic mass is 16.1. The Kier molecular flexibility index (Phi) is 4.12. The van der Waals surface area contributed by atoms with Crippen molar-refractivity contribution in [2.45, 2.75) is 27.7 Å². The minimum atomic E-state index is -0.253. The summed E-state index contributed by atoms with van der Waals surface area (Å²) in [5, 5.41) is 7.27. The van der Waals surface area contributed by atoms with Crippen LogP contribution in [-0.4, -0.2) is 25.7 Å². The van der Waals surface area contributed by atoms with Gasteiger partial charge in [0.25, 0.3) is 5.91 Å². The van der Waals surface area contributed by atoms with E-state index in [2.05, 4.69) is 20.4 Å². The number of aryl methyl sites for hydroxylation is 3. The highest BCUT2D eigenvalue weighted by Crippen LogP contribution is 2.19. The minimum Gasteiger partial charge on any atom is -0.290 e. The molecule has 0 aliphatic carbocycles. The molecule has 3 rings (SSSR count). The highest BCUT2D eigenvalue weighted by molar-refractivity contribution is 6.05. The molecule has 24 heavy (non-hydrogen) atoms. The van der Waals surface area contributed by atoms with Gasteiger partial charge in [0.05, 0.1) is 22.6 Å². The first-order valence-electron chi connectivity index (χ1n) is 7.71. The number of amides is 1. The molecule has 1 aromatic carbocycles. The molecule has 2 aromatic heterocycles. The summed E-state index contributed by atoms with van der Waals surface area (Å²) in [6.45, 7) is 7.44. The van der Waals surface area contributed by atoms with E-state index in [1.165, 1.54) is 0 Å². The number of hydrogen-bond donors (Lipinski definition) is 1. The summed E-state index contributed by atoms with van der Waals surface area (Å²) >= 11 is 0. The van der Waals surface area contributed by atoms with Crippen molar-refractivity contribution in [3.63, 3.8) is 0 Å². The second-order valence-electron chi connectivity index (χ2n) is 5.72. The first-order valence-corrected chi connectivity index (χ1v) is 7.71. The zero-order chi connectivity index (χ0) is 17.3. The van der Waals surface area contributed by atoms with E-state index in [4.69, 9.17) is 0 Å². The van der Waals surface area contributed by atoms with E-state index < -0.39 is 0 Å². The summed E-state index contributed by atoms with van der Waals surface area (Å²) in [4.78, 5) is 21.2. The third-order valence-electron chi connectivity index (χ3n) is 3.73. The van der Waals surface area contributed by atoms with E-state index >= 15 is 0 Å². The Morgan fingerprint density at radius 1 is 1.00 bits per heavy atom. The number of hydrogen-bond acceptors (Lipinski definition) is 4. The van der Waals surface area contributed by atoms with Crippen LogP contribution < -0.4 is 5.32 Å². The molecule has 3 aromatic rings. The van der Waals surface area contributed by atoms with Gasteiger partial charge in [-0.3, -0.25) is 10.1 Å². The zero-order valence-corrected chi connectivity index (χ0v) is 14.2. The summed E-state index contributed by atoms with van der Waals surface area (Å²) in [6, 6.07) is 11.6. The Balaban J connectivity index is 1.95. The molecule has 0 radical (unpaired) electrons. The second kappa shape index (κ2) is 6.23. The van der Waals surface area contributed by atoms with Gasteiger partial charge in [0.1, 0.15) is 0 Å². The van der Waals surface area contributed by atoms with E-state index in [-0.39, 0.29) is 5.91 Å². The Labute approximate surface area is 140 Å². The number of rotatable bonds is 3. The van der Waals surface area contributed by atoms with E-state index in [9.17, 15) is 4.79 Å². The summed E-state index contributed by atoms with van der Waals surface area (Å²) in [6.07, 6.45) is 0. The normalized spacial score (nSPS) is 10.7. The molecule has 0 aliphatic rings. The molecule has 2 heterocycles. The van der Waals surface area contributed by atoms with Crippen LogP contribution in [0.5, 0.6) is 0 Å². The van der Waals surface area contributed by atoms with Crippen LogP contribution >= 0.6 is 0 Å². The fourth-order valence-electron chi connectivity index (χ4n) is 2.74. The molecule has 0 saturated carbocycles. The lowest BCUT2D eigenvalue weighted by Crippen LogP contribution is -2.16. The van der Waals surface area contributed by atoms with Crippen LogP contribution in [0.15, 0.2) is 36.4 Å². The van der Waals surface area contributed by atoms with Gasteiger partial charge in [-0.2, -0.15) is 5.10 Å². The van der Waals surface area contributed by atoms with Gasteiger partial charge in [0.2, 0.25) is 5.95 Å². The molecule has 0 unspecified atom stereocenters. The number of anilines is 1. The van der Waals surface area contributed by atoms with Crippen molar-refractivity contribution in [1.29, 1.82) is 0 Å². The average Bonchev–Trinajstić information content (AvgIpc) is 2.82. The molecule has 0 fully saturated rings. The first kappa shape index (κ1) is 15.9. The molecule has 0 aliphatic heterocycles. The third-order valence-corrected chi connectivity index (χ3v) is 3.73. The lowest BCUT2D eigenvalue weighted by atomic mass is 10.2. The molecule has 0 atom stereocenters. The first-order chi connectivity index (χ1) is 11.5. The van der Waals surface area contributed by atoms with E-state index in [1.807, 2.05) is 64.1 Å². The van der Waals surface area contributed by atoms with E-state index in [0.717, 1.165) is 22.8 Å². The molecular weight excluding hydrogens is 302 g/mol. The molecule has 1 N–H and O–H groups in total. The zero-order valence-electron chi connectivity index (χ0n) is 14.2. The van der Waals surface area contributed by atoms with Crippen LogP contribution in [0, 0.1) is 27.7 Å². The SMILES string of the molecule is Cc1cc(C)nc(NC(=O)c2c(C)nn(-c3ccccc3)c2C)n1. The van der Waals surface area contributed by atoms with Gasteiger partial charge >= 0.3 is 0 Å². The van der Waals surface area contributed by atoms with Crippen molar-refractivity contribution in [1.82, 2.24) is 19.7 Å². The maximum absolute atomic E-state index is 12.7.